The number of carboxylic acids is 1. The lowest BCUT2D eigenvalue weighted by atomic mass is 9.84. The van der Waals surface area contributed by atoms with Crippen molar-refractivity contribution in [2.45, 2.75) is 38.2 Å². The number of hydrogen-bond donors (Lipinski definition) is 2. The minimum atomic E-state index is -1.71. The molecule has 116 valence electrons. The Hall–Kier alpha value is -2.02. The average Bonchev–Trinajstić information content (AvgIpc) is 2.44. The van der Waals surface area contributed by atoms with Gasteiger partial charge in [-0.3, -0.25) is 9.59 Å². The molecule has 1 rings (SSSR count). The van der Waals surface area contributed by atoms with Gasteiger partial charge in [-0.25, -0.2) is 4.98 Å². The summed E-state index contributed by atoms with van der Waals surface area (Å²) in [7, 11) is 1.22. The van der Waals surface area contributed by atoms with Gasteiger partial charge >= 0.3 is 11.9 Å². The van der Waals surface area contributed by atoms with Crippen LogP contribution in [-0.2, 0) is 26.3 Å². The molecule has 1 heterocycles. The predicted molar refractivity (Wildman–Crippen MR) is 71.0 cm³/mol. The number of rotatable bonds is 7. The van der Waals surface area contributed by atoms with E-state index in [2.05, 4.69) is 9.72 Å². The number of carbonyl (C=O) groups excluding carboxylic acids is 1. The third-order valence-electron chi connectivity index (χ3n) is 3.34. The number of nitrogens with zero attached hydrogens (tertiary/aromatic N) is 1. The molecule has 7 heteroatoms. The molecule has 0 aliphatic heterocycles. The monoisotopic (exact) mass is 299 g/mol. The van der Waals surface area contributed by atoms with Gasteiger partial charge in [0, 0.05) is 18.2 Å². The van der Waals surface area contributed by atoms with Crippen LogP contribution in [0.4, 0.5) is 4.39 Å². The SMILES string of the molecule is CCC(O)(CC(=O)O)c1ccnc(F)c1CCC(=O)OC. The van der Waals surface area contributed by atoms with Crippen molar-refractivity contribution in [2.75, 3.05) is 7.11 Å². The van der Waals surface area contributed by atoms with Gasteiger partial charge in [-0.2, -0.15) is 4.39 Å². The molecule has 0 fully saturated rings. The van der Waals surface area contributed by atoms with Crippen LogP contribution in [0.15, 0.2) is 12.3 Å². The number of methoxy groups -OCH3 is 1. The molecule has 1 atom stereocenters. The van der Waals surface area contributed by atoms with Crippen molar-refractivity contribution in [1.82, 2.24) is 4.98 Å². The second-order valence-electron chi connectivity index (χ2n) is 4.66. The topological polar surface area (TPSA) is 96.7 Å². The minimum Gasteiger partial charge on any atom is -0.481 e. The molecule has 0 saturated heterocycles. The lowest BCUT2D eigenvalue weighted by molar-refractivity contribution is -0.143. The largest absolute Gasteiger partial charge is 0.481 e. The van der Waals surface area contributed by atoms with Crippen LogP contribution >= 0.6 is 0 Å². The fourth-order valence-corrected chi connectivity index (χ4v) is 2.13. The number of esters is 1. The van der Waals surface area contributed by atoms with Crippen molar-refractivity contribution in [3.8, 4) is 0 Å². The summed E-state index contributed by atoms with van der Waals surface area (Å²) in [6, 6.07) is 1.38. The van der Waals surface area contributed by atoms with Gasteiger partial charge in [0.25, 0.3) is 0 Å². The first kappa shape index (κ1) is 17.0. The number of aliphatic hydroxyl groups is 1. The maximum atomic E-state index is 13.9. The third-order valence-corrected chi connectivity index (χ3v) is 3.34. The lowest BCUT2D eigenvalue weighted by Gasteiger charge is -2.27. The Balaban J connectivity index is 3.19. The highest BCUT2D eigenvalue weighted by molar-refractivity contribution is 5.70. The van der Waals surface area contributed by atoms with Crippen LogP contribution in [0.25, 0.3) is 0 Å². The number of carboxylic acid groups (broad SMARTS) is 1. The van der Waals surface area contributed by atoms with Gasteiger partial charge in [0.15, 0.2) is 0 Å². The van der Waals surface area contributed by atoms with E-state index < -0.39 is 29.9 Å². The van der Waals surface area contributed by atoms with Crippen LogP contribution in [0.5, 0.6) is 0 Å². The Labute approximate surface area is 121 Å². The molecule has 0 aliphatic carbocycles. The number of pyridine rings is 1. The zero-order valence-corrected chi connectivity index (χ0v) is 11.9. The highest BCUT2D eigenvalue weighted by Gasteiger charge is 2.33. The van der Waals surface area contributed by atoms with Crippen molar-refractivity contribution < 1.29 is 28.9 Å². The molecule has 0 aromatic carbocycles. The summed E-state index contributed by atoms with van der Waals surface area (Å²) >= 11 is 0. The Morgan fingerprint density at radius 1 is 1.48 bits per heavy atom. The van der Waals surface area contributed by atoms with Gasteiger partial charge in [-0.15, -0.1) is 0 Å². The first-order valence-corrected chi connectivity index (χ1v) is 6.49. The number of hydrogen-bond acceptors (Lipinski definition) is 5. The number of carbonyl (C=O) groups is 2. The van der Waals surface area contributed by atoms with Crippen LogP contribution in [0, 0.1) is 5.95 Å². The molecule has 0 radical (unpaired) electrons. The van der Waals surface area contributed by atoms with E-state index in [-0.39, 0.29) is 30.4 Å². The second kappa shape index (κ2) is 7.12. The number of aromatic nitrogens is 1. The Bertz CT molecular complexity index is 534. The normalized spacial score (nSPS) is 13.5. The van der Waals surface area contributed by atoms with Gasteiger partial charge in [0.05, 0.1) is 13.5 Å². The number of aliphatic carboxylic acids is 1. The summed E-state index contributed by atoms with van der Waals surface area (Å²) in [5.41, 5.74) is -1.53. The van der Waals surface area contributed by atoms with Gasteiger partial charge in [0.1, 0.15) is 5.60 Å². The lowest BCUT2D eigenvalue weighted by Crippen LogP contribution is -2.30. The number of ether oxygens (including phenoxy) is 1. The van der Waals surface area contributed by atoms with Crippen molar-refractivity contribution in [3.63, 3.8) is 0 Å². The van der Waals surface area contributed by atoms with E-state index in [9.17, 15) is 19.1 Å². The zero-order valence-electron chi connectivity index (χ0n) is 11.9. The van der Waals surface area contributed by atoms with E-state index >= 15 is 0 Å². The van der Waals surface area contributed by atoms with Gasteiger partial charge in [0.2, 0.25) is 5.95 Å². The molecule has 0 amide bonds. The molecular formula is C14H18FNO5. The fraction of sp³-hybridized carbons (Fsp3) is 0.500. The second-order valence-corrected chi connectivity index (χ2v) is 4.66. The van der Waals surface area contributed by atoms with Crippen LogP contribution in [0.2, 0.25) is 0 Å². The van der Waals surface area contributed by atoms with Crippen molar-refractivity contribution in [1.29, 1.82) is 0 Å². The molecule has 0 bridgehead atoms. The molecule has 0 saturated carbocycles. The van der Waals surface area contributed by atoms with Crippen molar-refractivity contribution in [2.24, 2.45) is 0 Å². The summed E-state index contributed by atoms with van der Waals surface area (Å²) in [5, 5.41) is 19.4. The highest BCUT2D eigenvalue weighted by atomic mass is 19.1. The van der Waals surface area contributed by atoms with Crippen LogP contribution < -0.4 is 0 Å². The summed E-state index contributed by atoms with van der Waals surface area (Å²) in [4.78, 5) is 25.6. The molecule has 6 nitrogen and oxygen atoms in total. The molecule has 0 aliphatic rings. The van der Waals surface area contributed by atoms with Gasteiger partial charge < -0.3 is 14.9 Å². The standard InChI is InChI=1S/C14H18FNO5/c1-3-14(20,8-11(17)18)10-6-7-16-13(15)9(10)4-5-12(19)21-2/h6-7,20H,3-5,8H2,1-2H3,(H,17,18). The Morgan fingerprint density at radius 3 is 2.67 bits per heavy atom. The maximum Gasteiger partial charge on any atom is 0.306 e. The van der Waals surface area contributed by atoms with E-state index in [1.165, 1.54) is 13.2 Å². The minimum absolute atomic E-state index is 0.0242. The van der Waals surface area contributed by atoms with E-state index in [0.29, 0.717) is 0 Å². The molecule has 0 spiro atoms. The van der Waals surface area contributed by atoms with Crippen LogP contribution in [0.3, 0.4) is 0 Å². The van der Waals surface area contributed by atoms with E-state index in [0.717, 1.165) is 6.20 Å². The van der Waals surface area contributed by atoms with E-state index in [1.807, 2.05) is 0 Å². The molecule has 2 N–H and O–H groups in total. The average molecular weight is 299 g/mol. The molecule has 1 aromatic rings. The molecular weight excluding hydrogens is 281 g/mol. The summed E-state index contributed by atoms with van der Waals surface area (Å²) < 4.78 is 18.4. The maximum absolute atomic E-state index is 13.9. The zero-order chi connectivity index (χ0) is 16.0. The summed E-state index contributed by atoms with van der Waals surface area (Å²) in [6.45, 7) is 1.60. The summed E-state index contributed by atoms with van der Waals surface area (Å²) in [6.07, 6.45) is 0.587. The quantitative estimate of drug-likeness (QED) is 0.583. The van der Waals surface area contributed by atoms with E-state index in [1.54, 1.807) is 6.92 Å². The highest BCUT2D eigenvalue weighted by Crippen LogP contribution is 2.32. The first-order valence-electron chi connectivity index (χ1n) is 6.49. The number of halogens is 1. The van der Waals surface area contributed by atoms with Crippen molar-refractivity contribution in [3.05, 3.63) is 29.3 Å². The molecule has 21 heavy (non-hydrogen) atoms. The van der Waals surface area contributed by atoms with Crippen molar-refractivity contribution >= 4 is 11.9 Å². The molecule has 1 aromatic heterocycles. The van der Waals surface area contributed by atoms with Gasteiger partial charge in [-0.1, -0.05) is 6.92 Å². The fourth-order valence-electron chi connectivity index (χ4n) is 2.13. The third kappa shape index (κ3) is 4.22. The Kier molecular flexibility index (Phi) is 5.78. The molecule has 1 unspecified atom stereocenters. The van der Waals surface area contributed by atoms with E-state index in [4.69, 9.17) is 5.11 Å². The van der Waals surface area contributed by atoms with Gasteiger partial charge in [-0.05, 0) is 24.5 Å². The van der Waals surface area contributed by atoms with Crippen LogP contribution in [0.1, 0.15) is 37.3 Å². The van der Waals surface area contributed by atoms with Crippen LogP contribution in [-0.4, -0.2) is 34.2 Å². The first-order chi connectivity index (χ1) is 9.84. The Morgan fingerprint density at radius 2 is 2.14 bits per heavy atom. The predicted octanol–water partition coefficient (Wildman–Crippen LogP) is 1.40. The smallest absolute Gasteiger partial charge is 0.306 e. The summed E-state index contributed by atoms with van der Waals surface area (Å²) in [5.74, 6) is -2.55.